The first-order chi connectivity index (χ1) is 6.81. The molecule has 0 saturated heterocycles. The van der Waals surface area contributed by atoms with Crippen molar-refractivity contribution in [1.29, 1.82) is 5.26 Å². The summed E-state index contributed by atoms with van der Waals surface area (Å²) in [5, 5.41) is 13.0. The molecule has 0 amide bonds. The molecule has 1 aliphatic rings. The van der Waals surface area contributed by atoms with Gasteiger partial charge in [0.1, 0.15) is 16.6 Å². The molecule has 1 aliphatic carbocycles. The van der Waals surface area contributed by atoms with E-state index in [2.05, 4.69) is 15.8 Å². The van der Waals surface area contributed by atoms with Crippen LogP contribution in [-0.4, -0.2) is 10.4 Å². The van der Waals surface area contributed by atoms with Crippen LogP contribution in [0, 0.1) is 11.3 Å². The minimum absolute atomic E-state index is 0.345. The van der Waals surface area contributed by atoms with Crippen molar-refractivity contribution in [3.05, 3.63) is 5.56 Å². The fraction of sp³-hybridized carbons (Fsp3) is 0.556. The molecule has 0 unspecified atom stereocenters. The molecule has 0 aromatic carbocycles. The topological polar surface area (TPSA) is 74.7 Å². The lowest BCUT2D eigenvalue weighted by molar-refractivity contribution is 0.758. The molecule has 1 saturated carbocycles. The third kappa shape index (κ3) is 1.66. The van der Waals surface area contributed by atoms with Gasteiger partial charge in [0.15, 0.2) is 5.82 Å². The molecule has 74 valence electrons. The molecular weight excluding hydrogens is 196 g/mol. The molecule has 1 heterocycles. The summed E-state index contributed by atoms with van der Waals surface area (Å²) in [4.78, 5) is 0. The molecule has 0 bridgehead atoms. The van der Waals surface area contributed by atoms with E-state index in [-0.39, 0.29) is 0 Å². The Kier molecular flexibility index (Phi) is 2.55. The molecule has 14 heavy (non-hydrogen) atoms. The molecule has 1 aromatic rings. The van der Waals surface area contributed by atoms with Crippen LogP contribution in [-0.2, 0) is 0 Å². The van der Waals surface area contributed by atoms with Crippen LogP contribution in [0.2, 0.25) is 0 Å². The summed E-state index contributed by atoms with van der Waals surface area (Å²) >= 11 is 1.28. The molecule has 0 radical (unpaired) electrons. The molecular formula is C9H12N4S. The van der Waals surface area contributed by atoms with E-state index >= 15 is 0 Å². The smallest absolute Gasteiger partial charge is 0.157 e. The van der Waals surface area contributed by atoms with Gasteiger partial charge in [-0.3, -0.25) is 0 Å². The van der Waals surface area contributed by atoms with E-state index in [0.717, 1.165) is 5.00 Å². The third-order valence-electron chi connectivity index (χ3n) is 2.52. The van der Waals surface area contributed by atoms with Crippen molar-refractivity contribution in [3.63, 3.8) is 0 Å². The summed E-state index contributed by atoms with van der Waals surface area (Å²) in [6.45, 7) is 0. The minimum Gasteiger partial charge on any atom is -0.382 e. The number of nitrogens with zero attached hydrogens (tertiary/aromatic N) is 2. The van der Waals surface area contributed by atoms with Gasteiger partial charge in [-0.2, -0.15) is 9.64 Å². The number of anilines is 2. The van der Waals surface area contributed by atoms with Crippen LogP contribution in [0.25, 0.3) is 0 Å². The quantitative estimate of drug-likeness (QED) is 0.779. The van der Waals surface area contributed by atoms with Crippen LogP contribution in [0.4, 0.5) is 10.8 Å². The van der Waals surface area contributed by atoms with Crippen molar-refractivity contribution in [2.45, 2.75) is 31.7 Å². The maximum atomic E-state index is 8.86. The van der Waals surface area contributed by atoms with Gasteiger partial charge in [-0.25, -0.2) is 0 Å². The lowest BCUT2D eigenvalue weighted by Crippen LogP contribution is -2.14. The molecule has 3 N–H and O–H groups in total. The van der Waals surface area contributed by atoms with E-state index in [0.29, 0.717) is 17.4 Å². The van der Waals surface area contributed by atoms with Crippen LogP contribution in [0.1, 0.15) is 31.2 Å². The van der Waals surface area contributed by atoms with Crippen molar-refractivity contribution in [3.8, 4) is 6.07 Å². The summed E-state index contributed by atoms with van der Waals surface area (Å²) in [6, 6.07) is 2.58. The third-order valence-corrected chi connectivity index (χ3v) is 3.31. The number of aromatic nitrogens is 1. The molecule has 2 rings (SSSR count). The van der Waals surface area contributed by atoms with E-state index in [1.165, 1.54) is 37.2 Å². The van der Waals surface area contributed by atoms with Gasteiger partial charge in [-0.05, 0) is 24.4 Å². The second kappa shape index (κ2) is 3.84. The molecule has 4 nitrogen and oxygen atoms in total. The average molecular weight is 208 g/mol. The van der Waals surface area contributed by atoms with Crippen LogP contribution < -0.4 is 11.1 Å². The van der Waals surface area contributed by atoms with Gasteiger partial charge < -0.3 is 11.1 Å². The first kappa shape index (κ1) is 9.28. The van der Waals surface area contributed by atoms with E-state index in [4.69, 9.17) is 11.0 Å². The zero-order valence-corrected chi connectivity index (χ0v) is 8.60. The minimum atomic E-state index is 0.345. The van der Waals surface area contributed by atoms with Crippen molar-refractivity contribution in [2.24, 2.45) is 0 Å². The molecule has 1 fully saturated rings. The Balaban J connectivity index is 2.12. The van der Waals surface area contributed by atoms with Crippen LogP contribution >= 0.6 is 11.5 Å². The summed E-state index contributed by atoms with van der Waals surface area (Å²) in [5.41, 5.74) is 6.06. The van der Waals surface area contributed by atoms with Crippen molar-refractivity contribution in [2.75, 3.05) is 11.1 Å². The van der Waals surface area contributed by atoms with E-state index in [1.54, 1.807) is 0 Å². The zero-order chi connectivity index (χ0) is 9.97. The van der Waals surface area contributed by atoms with Gasteiger partial charge in [0.25, 0.3) is 0 Å². The normalized spacial score (nSPS) is 16.8. The highest BCUT2D eigenvalue weighted by Gasteiger charge is 2.18. The predicted octanol–water partition coefficient (Wildman–Crippen LogP) is 1.95. The molecule has 0 atom stereocenters. The van der Waals surface area contributed by atoms with Gasteiger partial charge in [-0.1, -0.05) is 12.8 Å². The van der Waals surface area contributed by atoms with Crippen LogP contribution in [0.5, 0.6) is 0 Å². The highest BCUT2D eigenvalue weighted by Crippen LogP contribution is 2.29. The number of nitriles is 1. The fourth-order valence-corrected chi connectivity index (χ4v) is 2.51. The standard InChI is InChI=1S/C9H12N4S/c10-5-7-8(11)13-14-9(7)12-6-3-1-2-4-6/h6,12H,1-4H2,(H2,11,13). The number of hydrogen-bond acceptors (Lipinski definition) is 5. The van der Waals surface area contributed by atoms with Gasteiger partial charge >= 0.3 is 0 Å². The lowest BCUT2D eigenvalue weighted by atomic mass is 10.2. The summed E-state index contributed by atoms with van der Waals surface area (Å²) in [7, 11) is 0. The lowest BCUT2D eigenvalue weighted by Gasteiger charge is -2.10. The SMILES string of the molecule is N#Cc1c(N)nsc1NC1CCCC1. The Morgan fingerprint density at radius 3 is 2.86 bits per heavy atom. The number of nitrogen functional groups attached to an aromatic ring is 1. The maximum Gasteiger partial charge on any atom is 0.157 e. The molecule has 0 aliphatic heterocycles. The van der Waals surface area contributed by atoms with Crippen LogP contribution in [0.15, 0.2) is 0 Å². The second-order valence-corrected chi connectivity index (χ2v) is 4.28. The van der Waals surface area contributed by atoms with Gasteiger partial charge in [0.2, 0.25) is 0 Å². The molecule has 5 heteroatoms. The first-order valence-electron chi connectivity index (χ1n) is 4.73. The number of nitrogens with one attached hydrogen (secondary N) is 1. The molecule has 1 aromatic heterocycles. The predicted molar refractivity (Wildman–Crippen MR) is 57.1 cm³/mol. The second-order valence-electron chi connectivity index (χ2n) is 3.51. The van der Waals surface area contributed by atoms with Gasteiger partial charge in [0.05, 0.1) is 0 Å². The number of rotatable bonds is 2. The summed E-state index contributed by atoms with van der Waals surface area (Å²) in [5.74, 6) is 0.345. The van der Waals surface area contributed by atoms with Gasteiger partial charge in [0, 0.05) is 6.04 Å². The van der Waals surface area contributed by atoms with E-state index in [1.807, 2.05) is 0 Å². The number of nitrogens with two attached hydrogens (primary N) is 1. The Morgan fingerprint density at radius 1 is 1.50 bits per heavy atom. The summed E-state index contributed by atoms with van der Waals surface area (Å²) in [6.07, 6.45) is 4.91. The van der Waals surface area contributed by atoms with Crippen molar-refractivity contribution in [1.82, 2.24) is 4.37 Å². The van der Waals surface area contributed by atoms with E-state index in [9.17, 15) is 0 Å². The first-order valence-corrected chi connectivity index (χ1v) is 5.50. The van der Waals surface area contributed by atoms with Crippen molar-refractivity contribution < 1.29 is 0 Å². The van der Waals surface area contributed by atoms with E-state index < -0.39 is 0 Å². The average Bonchev–Trinajstić information content (AvgIpc) is 2.77. The van der Waals surface area contributed by atoms with Gasteiger partial charge in [-0.15, -0.1) is 0 Å². The monoisotopic (exact) mass is 208 g/mol. The van der Waals surface area contributed by atoms with Crippen LogP contribution in [0.3, 0.4) is 0 Å². The Hall–Kier alpha value is -1.28. The Labute approximate surface area is 86.9 Å². The zero-order valence-electron chi connectivity index (χ0n) is 7.79. The highest BCUT2D eigenvalue weighted by atomic mass is 32.1. The highest BCUT2D eigenvalue weighted by molar-refractivity contribution is 7.10. The fourth-order valence-electron chi connectivity index (χ4n) is 1.76. The largest absolute Gasteiger partial charge is 0.382 e. The maximum absolute atomic E-state index is 8.86. The Morgan fingerprint density at radius 2 is 2.21 bits per heavy atom. The molecule has 0 spiro atoms. The van der Waals surface area contributed by atoms with Crippen molar-refractivity contribution >= 4 is 22.4 Å². The Bertz CT molecular complexity index is 359. The summed E-state index contributed by atoms with van der Waals surface area (Å²) < 4.78 is 3.96. The number of hydrogen-bond donors (Lipinski definition) is 2.